The Bertz CT molecular complexity index is 582. The Balaban J connectivity index is 3.12. The first kappa shape index (κ1) is 17.1. The number of hydrogen-bond acceptors (Lipinski definition) is 4. The smallest absolute Gasteiger partial charge is 0.241 e. The Labute approximate surface area is 128 Å². The van der Waals surface area contributed by atoms with Crippen LogP contribution in [-0.2, 0) is 14.6 Å². The summed E-state index contributed by atoms with van der Waals surface area (Å²) < 4.78 is 24.3. The Morgan fingerprint density at radius 1 is 1.35 bits per heavy atom. The van der Waals surface area contributed by atoms with Gasteiger partial charge in [-0.3, -0.25) is 4.79 Å². The van der Waals surface area contributed by atoms with Crippen molar-refractivity contribution in [2.45, 2.75) is 36.5 Å². The van der Waals surface area contributed by atoms with Gasteiger partial charge in [-0.05, 0) is 45.0 Å². The fourth-order valence-electron chi connectivity index (χ4n) is 1.49. The van der Waals surface area contributed by atoms with Crippen molar-refractivity contribution in [3.05, 3.63) is 28.7 Å². The van der Waals surface area contributed by atoms with Crippen molar-refractivity contribution < 1.29 is 13.2 Å². The van der Waals surface area contributed by atoms with Crippen molar-refractivity contribution in [1.29, 1.82) is 0 Å². The van der Waals surface area contributed by atoms with Gasteiger partial charge in [-0.2, -0.15) is 0 Å². The molecule has 20 heavy (non-hydrogen) atoms. The standard InChI is InChI=1S/C13H19BrN2O3S/c1-9(8-15)16-12(17)13(2,3)20(18,19)11-6-4-10(14)5-7-11/h4-7,9H,8,15H2,1-3H3,(H,16,17)/t9-/m0/s1. The van der Waals surface area contributed by atoms with E-state index in [-0.39, 0.29) is 17.5 Å². The Morgan fingerprint density at radius 3 is 2.30 bits per heavy atom. The minimum Gasteiger partial charge on any atom is -0.351 e. The van der Waals surface area contributed by atoms with Crippen LogP contribution in [0.4, 0.5) is 0 Å². The van der Waals surface area contributed by atoms with Crippen molar-refractivity contribution >= 4 is 31.7 Å². The molecular formula is C13H19BrN2O3S. The molecule has 0 aromatic heterocycles. The summed E-state index contributed by atoms with van der Waals surface area (Å²) in [6, 6.07) is 5.93. The molecule has 3 N–H and O–H groups in total. The van der Waals surface area contributed by atoms with E-state index >= 15 is 0 Å². The van der Waals surface area contributed by atoms with E-state index in [0.29, 0.717) is 0 Å². The number of benzene rings is 1. The molecule has 112 valence electrons. The number of amides is 1. The van der Waals surface area contributed by atoms with E-state index in [2.05, 4.69) is 21.2 Å². The van der Waals surface area contributed by atoms with Crippen LogP contribution in [0.15, 0.2) is 33.6 Å². The molecule has 1 amide bonds. The quantitative estimate of drug-likeness (QED) is 0.829. The van der Waals surface area contributed by atoms with Crippen LogP contribution in [0.3, 0.4) is 0 Å². The topological polar surface area (TPSA) is 89.3 Å². The van der Waals surface area contributed by atoms with E-state index in [4.69, 9.17) is 5.73 Å². The molecule has 0 heterocycles. The van der Waals surface area contributed by atoms with Crippen molar-refractivity contribution in [3.63, 3.8) is 0 Å². The number of sulfone groups is 1. The predicted molar refractivity (Wildman–Crippen MR) is 82.1 cm³/mol. The number of carbonyl (C=O) groups is 1. The fraction of sp³-hybridized carbons (Fsp3) is 0.462. The van der Waals surface area contributed by atoms with E-state index in [1.54, 1.807) is 19.1 Å². The Hall–Kier alpha value is -0.920. The molecular weight excluding hydrogens is 344 g/mol. The third-order valence-electron chi connectivity index (χ3n) is 3.07. The molecule has 0 bridgehead atoms. The molecule has 0 spiro atoms. The highest BCUT2D eigenvalue weighted by Gasteiger charge is 2.43. The summed E-state index contributed by atoms with van der Waals surface area (Å²) in [5.74, 6) is -0.557. The highest BCUT2D eigenvalue weighted by Crippen LogP contribution is 2.26. The zero-order chi connectivity index (χ0) is 15.6. The van der Waals surface area contributed by atoms with E-state index in [1.807, 2.05) is 0 Å². The lowest BCUT2D eigenvalue weighted by molar-refractivity contribution is -0.123. The molecule has 5 nitrogen and oxygen atoms in total. The van der Waals surface area contributed by atoms with Gasteiger partial charge in [0.25, 0.3) is 0 Å². The van der Waals surface area contributed by atoms with Gasteiger partial charge in [-0.15, -0.1) is 0 Å². The number of rotatable bonds is 5. The predicted octanol–water partition coefficient (Wildman–Crippen LogP) is 1.46. The first-order chi connectivity index (χ1) is 9.12. The summed E-state index contributed by atoms with van der Waals surface area (Å²) in [5.41, 5.74) is 5.43. The third kappa shape index (κ3) is 3.39. The second-order valence-corrected chi connectivity index (χ2v) is 8.49. The maximum atomic E-state index is 12.6. The second-order valence-electron chi connectivity index (χ2n) is 5.08. The van der Waals surface area contributed by atoms with Crippen molar-refractivity contribution in [2.24, 2.45) is 5.73 Å². The van der Waals surface area contributed by atoms with Gasteiger partial charge in [-0.25, -0.2) is 8.42 Å². The number of halogens is 1. The third-order valence-corrected chi connectivity index (χ3v) is 6.02. The summed E-state index contributed by atoms with van der Waals surface area (Å²) in [5, 5.41) is 2.60. The number of hydrogen-bond donors (Lipinski definition) is 2. The van der Waals surface area contributed by atoms with Gasteiger partial charge < -0.3 is 11.1 Å². The molecule has 0 radical (unpaired) electrons. The van der Waals surface area contributed by atoms with E-state index in [9.17, 15) is 13.2 Å². The van der Waals surface area contributed by atoms with E-state index < -0.39 is 20.5 Å². The van der Waals surface area contributed by atoms with Gasteiger partial charge in [-0.1, -0.05) is 15.9 Å². The maximum absolute atomic E-state index is 12.6. The van der Waals surface area contributed by atoms with E-state index in [0.717, 1.165) is 4.47 Å². The van der Waals surface area contributed by atoms with Crippen LogP contribution in [0.5, 0.6) is 0 Å². The monoisotopic (exact) mass is 362 g/mol. The summed E-state index contributed by atoms with van der Waals surface area (Å²) in [6.07, 6.45) is 0. The average molecular weight is 363 g/mol. The summed E-state index contributed by atoms with van der Waals surface area (Å²) >= 11 is 3.25. The van der Waals surface area contributed by atoms with Crippen LogP contribution < -0.4 is 11.1 Å². The minimum absolute atomic E-state index is 0.112. The van der Waals surface area contributed by atoms with Crippen LogP contribution in [0.2, 0.25) is 0 Å². The molecule has 0 aliphatic rings. The molecule has 7 heteroatoms. The second kappa shape index (κ2) is 6.24. The lowest BCUT2D eigenvalue weighted by atomic mass is 10.2. The number of carbonyl (C=O) groups excluding carboxylic acids is 1. The van der Waals surface area contributed by atoms with Gasteiger partial charge in [0.2, 0.25) is 5.91 Å². The van der Waals surface area contributed by atoms with E-state index in [1.165, 1.54) is 26.0 Å². The molecule has 0 saturated carbocycles. The molecule has 1 rings (SSSR count). The first-order valence-corrected chi connectivity index (χ1v) is 8.41. The molecule has 0 aliphatic heterocycles. The van der Waals surface area contributed by atoms with Crippen LogP contribution >= 0.6 is 15.9 Å². The van der Waals surface area contributed by atoms with Gasteiger partial charge in [0.05, 0.1) is 4.90 Å². The van der Waals surface area contributed by atoms with Crippen molar-refractivity contribution in [3.8, 4) is 0 Å². The van der Waals surface area contributed by atoms with Crippen LogP contribution in [0.1, 0.15) is 20.8 Å². The number of nitrogens with two attached hydrogens (primary N) is 1. The Kier molecular flexibility index (Phi) is 5.34. The van der Waals surface area contributed by atoms with Crippen molar-refractivity contribution in [2.75, 3.05) is 6.54 Å². The molecule has 0 saturated heterocycles. The summed E-state index contributed by atoms with van der Waals surface area (Å²) in [6.45, 7) is 4.76. The lowest BCUT2D eigenvalue weighted by Crippen LogP contribution is -2.51. The normalized spacial score (nSPS) is 13.8. The highest BCUT2D eigenvalue weighted by atomic mass is 79.9. The maximum Gasteiger partial charge on any atom is 0.241 e. The fourth-order valence-corrected chi connectivity index (χ4v) is 3.14. The van der Waals surface area contributed by atoms with Crippen molar-refractivity contribution in [1.82, 2.24) is 5.32 Å². The molecule has 1 atom stereocenters. The van der Waals surface area contributed by atoms with Crippen LogP contribution in [-0.4, -0.2) is 31.7 Å². The van der Waals surface area contributed by atoms with Gasteiger partial charge in [0.1, 0.15) is 4.75 Å². The highest BCUT2D eigenvalue weighted by molar-refractivity contribution is 9.10. The van der Waals surface area contributed by atoms with Gasteiger partial charge >= 0.3 is 0 Å². The van der Waals surface area contributed by atoms with Gasteiger partial charge in [0, 0.05) is 17.1 Å². The zero-order valence-corrected chi connectivity index (χ0v) is 14.1. The van der Waals surface area contributed by atoms with Crippen LogP contribution in [0.25, 0.3) is 0 Å². The summed E-state index contributed by atoms with van der Waals surface area (Å²) in [4.78, 5) is 12.3. The summed E-state index contributed by atoms with van der Waals surface area (Å²) in [7, 11) is -3.78. The van der Waals surface area contributed by atoms with Crippen LogP contribution in [0, 0.1) is 0 Å². The lowest BCUT2D eigenvalue weighted by Gasteiger charge is -2.25. The Morgan fingerprint density at radius 2 is 1.85 bits per heavy atom. The zero-order valence-electron chi connectivity index (χ0n) is 11.7. The molecule has 1 aromatic carbocycles. The minimum atomic E-state index is -3.78. The molecule has 0 fully saturated rings. The largest absolute Gasteiger partial charge is 0.351 e. The number of nitrogens with one attached hydrogen (secondary N) is 1. The van der Waals surface area contributed by atoms with Gasteiger partial charge in [0.15, 0.2) is 9.84 Å². The average Bonchev–Trinajstić information content (AvgIpc) is 2.38. The molecule has 1 aromatic rings. The SMILES string of the molecule is C[C@@H](CN)NC(=O)C(C)(C)S(=O)(=O)c1ccc(Br)cc1. The molecule has 0 unspecified atom stereocenters. The first-order valence-electron chi connectivity index (χ1n) is 6.14. The molecule has 0 aliphatic carbocycles.